The van der Waals surface area contributed by atoms with Gasteiger partial charge in [0.05, 0.1) is 28.6 Å². The first kappa shape index (κ1) is 16.3. The number of benzene rings is 2. The molecule has 130 valence electrons. The molecule has 1 aromatic heterocycles. The molecular weight excluding hydrogens is 326 g/mol. The SMILES string of the molecule is CC(C)(C)n1cc(N2C(=O)c3ccccc3C2=O)c(-c2ccccc2)n1. The lowest BCUT2D eigenvalue weighted by Crippen LogP contribution is -2.29. The van der Waals surface area contributed by atoms with Crippen molar-refractivity contribution in [2.45, 2.75) is 26.3 Å². The summed E-state index contributed by atoms with van der Waals surface area (Å²) in [7, 11) is 0. The molecule has 4 rings (SSSR count). The first-order valence-electron chi connectivity index (χ1n) is 8.51. The highest BCUT2D eigenvalue weighted by atomic mass is 16.2. The predicted octanol–water partition coefficient (Wildman–Crippen LogP) is 4.11. The molecule has 0 aliphatic carbocycles. The number of nitrogens with zero attached hydrogens (tertiary/aromatic N) is 3. The minimum atomic E-state index is -0.309. The summed E-state index contributed by atoms with van der Waals surface area (Å²) in [6.45, 7) is 6.09. The smallest absolute Gasteiger partial charge is 0.266 e. The summed E-state index contributed by atoms with van der Waals surface area (Å²) in [5, 5.41) is 4.70. The Morgan fingerprint density at radius 2 is 1.35 bits per heavy atom. The number of imide groups is 1. The molecule has 2 heterocycles. The van der Waals surface area contributed by atoms with E-state index in [2.05, 4.69) is 0 Å². The van der Waals surface area contributed by atoms with Gasteiger partial charge in [0.25, 0.3) is 11.8 Å². The largest absolute Gasteiger partial charge is 0.268 e. The van der Waals surface area contributed by atoms with E-state index < -0.39 is 0 Å². The van der Waals surface area contributed by atoms with E-state index in [-0.39, 0.29) is 17.4 Å². The summed E-state index contributed by atoms with van der Waals surface area (Å²) >= 11 is 0. The molecule has 0 atom stereocenters. The topological polar surface area (TPSA) is 55.2 Å². The lowest BCUT2D eigenvalue weighted by Gasteiger charge is -2.19. The molecule has 0 spiro atoms. The molecule has 2 aromatic carbocycles. The number of hydrogen-bond acceptors (Lipinski definition) is 3. The third-order valence-corrected chi connectivity index (χ3v) is 4.46. The van der Waals surface area contributed by atoms with E-state index in [4.69, 9.17) is 5.10 Å². The summed E-state index contributed by atoms with van der Waals surface area (Å²) < 4.78 is 1.80. The molecule has 0 fully saturated rings. The third kappa shape index (κ3) is 2.44. The van der Waals surface area contributed by atoms with E-state index in [1.165, 1.54) is 4.90 Å². The molecule has 1 aliphatic heterocycles. The second-order valence-electron chi connectivity index (χ2n) is 7.34. The van der Waals surface area contributed by atoms with Crippen molar-refractivity contribution in [1.29, 1.82) is 0 Å². The number of rotatable bonds is 2. The lowest BCUT2D eigenvalue weighted by molar-refractivity contribution is 0.0926. The number of carbonyl (C=O) groups is 2. The number of amides is 2. The number of fused-ring (bicyclic) bond motifs is 1. The zero-order valence-electron chi connectivity index (χ0n) is 14.9. The van der Waals surface area contributed by atoms with E-state index in [9.17, 15) is 9.59 Å². The van der Waals surface area contributed by atoms with Crippen LogP contribution in [0.2, 0.25) is 0 Å². The van der Waals surface area contributed by atoms with Gasteiger partial charge in [0, 0.05) is 5.56 Å². The van der Waals surface area contributed by atoms with Crippen LogP contribution in [0.15, 0.2) is 60.8 Å². The maximum absolute atomic E-state index is 12.9. The van der Waals surface area contributed by atoms with Crippen molar-refractivity contribution >= 4 is 17.5 Å². The van der Waals surface area contributed by atoms with Crippen molar-refractivity contribution in [3.05, 3.63) is 71.9 Å². The van der Waals surface area contributed by atoms with Crippen molar-refractivity contribution in [1.82, 2.24) is 9.78 Å². The molecule has 0 unspecified atom stereocenters. The van der Waals surface area contributed by atoms with Crippen molar-refractivity contribution < 1.29 is 9.59 Å². The Hall–Kier alpha value is -3.21. The summed E-state index contributed by atoms with van der Waals surface area (Å²) in [5.74, 6) is -0.618. The molecule has 3 aromatic rings. The first-order valence-corrected chi connectivity index (χ1v) is 8.51. The molecule has 0 radical (unpaired) electrons. The number of carbonyl (C=O) groups excluding carboxylic acids is 2. The van der Waals surface area contributed by atoms with Gasteiger partial charge in [-0.15, -0.1) is 0 Å². The monoisotopic (exact) mass is 345 g/mol. The van der Waals surface area contributed by atoms with E-state index in [0.29, 0.717) is 22.5 Å². The Kier molecular flexibility index (Phi) is 3.54. The zero-order chi connectivity index (χ0) is 18.5. The normalized spacial score (nSPS) is 14.0. The Bertz CT molecular complexity index is 978. The van der Waals surface area contributed by atoms with Crippen molar-refractivity contribution in [2.24, 2.45) is 0 Å². The molecule has 26 heavy (non-hydrogen) atoms. The standard InChI is InChI=1S/C21H19N3O2/c1-21(2,3)23-13-17(18(22-23)14-9-5-4-6-10-14)24-19(25)15-11-7-8-12-16(15)20(24)26/h4-13H,1-3H3. The van der Waals surface area contributed by atoms with Gasteiger partial charge in [-0.1, -0.05) is 42.5 Å². The van der Waals surface area contributed by atoms with E-state index in [1.807, 2.05) is 51.1 Å². The quantitative estimate of drug-likeness (QED) is 0.657. The van der Waals surface area contributed by atoms with Crippen LogP contribution in [0, 0.1) is 0 Å². The van der Waals surface area contributed by atoms with Crippen molar-refractivity contribution in [2.75, 3.05) is 4.90 Å². The number of hydrogen-bond donors (Lipinski definition) is 0. The van der Waals surface area contributed by atoms with Crippen LogP contribution in [0.25, 0.3) is 11.3 Å². The second kappa shape index (κ2) is 5.66. The van der Waals surface area contributed by atoms with E-state index >= 15 is 0 Å². The van der Waals surface area contributed by atoms with Crippen LogP contribution in [0.4, 0.5) is 5.69 Å². The fraction of sp³-hybridized carbons (Fsp3) is 0.190. The Labute approximate surface area is 151 Å². The maximum Gasteiger partial charge on any atom is 0.266 e. The molecule has 0 bridgehead atoms. The number of anilines is 1. The van der Waals surface area contributed by atoms with E-state index in [0.717, 1.165) is 5.56 Å². The summed E-state index contributed by atoms with van der Waals surface area (Å²) in [6.07, 6.45) is 1.78. The third-order valence-electron chi connectivity index (χ3n) is 4.46. The van der Waals surface area contributed by atoms with Gasteiger partial charge >= 0.3 is 0 Å². The van der Waals surface area contributed by atoms with Crippen LogP contribution in [0.3, 0.4) is 0 Å². The van der Waals surface area contributed by atoms with Gasteiger partial charge in [0.15, 0.2) is 0 Å². The van der Waals surface area contributed by atoms with Crippen molar-refractivity contribution in [3.63, 3.8) is 0 Å². The summed E-state index contributed by atoms with van der Waals surface area (Å²) in [5.41, 5.74) is 2.58. The summed E-state index contributed by atoms with van der Waals surface area (Å²) in [4.78, 5) is 27.1. The molecule has 1 aliphatic rings. The van der Waals surface area contributed by atoms with Gasteiger partial charge in [0.2, 0.25) is 0 Å². The van der Waals surface area contributed by atoms with Crippen LogP contribution in [-0.2, 0) is 5.54 Å². The molecule has 5 nitrogen and oxygen atoms in total. The van der Waals surface area contributed by atoms with E-state index in [1.54, 1.807) is 35.1 Å². The Morgan fingerprint density at radius 3 is 1.88 bits per heavy atom. The molecule has 5 heteroatoms. The van der Waals surface area contributed by atoms with Crippen LogP contribution in [0.5, 0.6) is 0 Å². The first-order chi connectivity index (χ1) is 12.4. The minimum absolute atomic E-state index is 0.277. The van der Waals surface area contributed by atoms with Gasteiger partial charge < -0.3 is 0 Å². The van der Waals surface area contributed by atoms with Gasteiger partial charge in [-0.2, -0.15) is 5.10 Å². The molecule has 0 saturated carbocycles. The Balaban J connectivity index is 1.91. The number of aromatic nitrogens is 2. The van der Waals surface area contributed by atoms with Gasteiger partial charge in [-0.25, -0.2) is 4.90 Å². The maximum atomic E-state index is 12.9. The average molecular weight is 345 g/mol. The highest BCUT2D eigenvalue weighted by Crippen LogP contribution is 2.36. The average Bonchev–Trinajstić information content (AvgIpc) is 3.17. The molecule has 0 N–H and O–H groups in total. The Morgan fingerprint density at radius 1 is 0.808 bits per heavy atom. The van der Waals surface area contributed by atoms with Gasteiger partial charge in [-0.05, 0) is 32.9 Å². The second-order valence-corrected chi connectivity index (χ2v) is 7.34. The molecule has 0 saturated heterocycles. The fourth-order valence-electron chi connectivity index (χ4n) is 3.08. The van der Waals surface area contributed by atoms with Crippen LogP contribution in [0.1, 0.15) is 41.5 Å². The van der Waals surface area contributed by atoms with Crippen LogP contribution < -0.4 is 4.90 Å². The molecular formula is C21H19N3O2. The highest BCUT2D eigenvalue weighted by molar-refractivity contribution is 6.35. The highest BCUT2D eigenvalue weighted by Gasteiger charge is 2.39. The fourth-order valence-corrected chi connectivity index (χ4v) is 3.08. The zero-order valence-corrected chi connectivity index (χ0v) is 14.9. The minimum Gasteiger partial charge on any atom is -0.268 e. The summed E-state index contributed by atoms with van der Waals surface area (Å²) in [6, 6.07) is 16.5. The predicted molar refractivity (Wildman–Crippen MR) is 100 cm³/mol. The van der Waals surface area contributed by atoms with Gasteiger partial charge in [0.1, 0.15) is 5.69 Å². The van der Waals surface area contributed by atoms with Crippen LogP contribution >= 0.6 is 0 Å². The lowest BCUT2D eigenvalue weighted by atomic mass is 10.1. The van der Waals surface area contributed by atoms with Gasteiger partial charge in [-0.3, -0.25) is 14.3 Å². The molecule has 2 amide bonds. The van der Waals surface area contributed by atoms with Crippen LogP contribution in [-0.4, -0.2) is 21.6 Å². The van der Waals surface area contributed by atoms with Crippen molar-refractivity contribution in [3.8, 4) is 11.3 Å².